The molecule has 1 heterocycles. The van der Waals surface area contributed by atoms with Crippen molar-refractivity contribution >= 4 is 15.9 Å². The van der Waals surface area contributed by atoms with E-state index in [0.717, 1.165) is 0 Å². The van der Waals surface area contributed by atoms with Gasteiger partial charge in [-0.25, -0.2) is 9.37 Å². The summed E-state index contributed by atoms with van der Waals surface area (Å²) in [7, 11) is 0. The van der Waals surface area contributed by atoms with Crippen LogP contribution in [-0.2, 0) is 0 Å². The van der Waals surface area contributed by atoms with Crippen LogP contribution in [0.1, 0.15) is 5.82 Å². The Morgan fingerprint density at radius 1 is 1.41 bits per heavy atom. The zero-order valence-corrected chi connectivity index (χ0v) is 10.4. The van der Waals surface area contributed by atoms with Crippen molar-refractivity contribution in [3.63, 3.8) is 0 Å². The molecular formula is C11H8BrFN2O2. The number of hydrogen-bond donors (Lipinski definition) is 1. The van der Waals surface area contributed by atoms with Crippen LogP contribution in [0.3, 0.4) is 0 Å². The summed E-state index contributed by atoms with van der Waals surface area (Å²) in [5.41, 5.74) is -0.315. The van der Waals surface area contributed by atoms with Crippen molar-refractivity contribution in [2.45, 2.75) is 6.92 Å². The smallest absolute Gasteiger partial charge is 0.254 e. The van der Waals surface area contributed by atoms with E-state index in [1.54, 1.807) is 13.0 Å². The summed E-state index contributed by atoms with van der Waals surface area (Å²) in [5.74, 6) is 0.408. The molecule has 0 saturated carbocycles. The zero-order chi connectivity index (χ0) is 12.4. The third kappa shape index (κ3) is 2.91. The number of benzene rings is 1. The Labute approximate surface area is 105 Å². The van der Waals surface area contributed by atoms with Crippen LogP contribution in [0.25, 0.3) is 0 Å². The van der Waals surface area contributed by atoms with Crippen LogP contribution in [0.15, 0.2) is 33.5 Å². The van der Waals surface area contributed by atoms with Crippen LogP contribution in [-0.4, -0.2) is 9.97 Å². The number of nitrogens with one attached hydrogen (secondary N) is 1. The van der Waals surface area contributed by atoms with E-state index in [1.165, 1.54) is 18.2 Å². The maximum Gasteiger partial charge on any atom is 0.254 e. The van der Waals surface area contributed by atoms with Crippen molar-refractivity contribution in [3.8, 4) is 11.6 Å². The van der Waals surface area contributed by atoms with Gasteiger partial charge in [0.15, 0.2) is 0 Å². The van der Waals surface area contributed by atoms with Crippen molar-refractivity contribution < 1.29 is 9.13 Å². The fourth-order valence-corrected chi connectivity index (χ4v) is 1.51. The predicted octanol–water partition coefficient (Wildman–Crippen LogP) is 2.77. The highest BCUT2D eigenvalue weighted by atomic mass is 79.9. The van der Waals surface area contributed by atoms with Crippen LogP contribution in [0.5, 0.6) is 11.6 Å². The van der Waals surface area contributed by atoms with Gasteiger partial charge in [0.25, 0.3) is 5.56 Å². The van der Waals surface area contributed by atoms with Gasteiger partial charge >= 0.3 is 0 Å². The highest BCUT2D eigenvalue weighted by Crippen LogP contribution is 2.23. The topological polar surface area (TPSA) is 55.0 Å². The average Bonchev–Trinajstić information content (AvgIpc) is 2.22. The van der Waals surface area contributed by atoms with Gasteiger partial charge in [-0.05, 0) is 35.0 Å². The molecule has 6 heteroatoms. The van der Waals surface area contributed by atoms with Gasteiger partial charge in [0.05, 0.1) is 10.5 Å². The van der Waals surface area contributed by atoms with Crippen LogP contribution in [0.4, 0.5) is 4.39 Å². The molecule has 0 atom stereocenters. The van der Waals surface area contributed by atoms with Crippen molar-refractivity contribution in [2.24, 2.45) is 0 Å². The number of rotatable bonds is 2. The third-order valence-corrected chi connectivity index (χ3v) is 2.59. The lowest BCUT2D eigenvalue weighted by atomic mass is 10.3. The Morgan fingerprint density at radius 3 is 2.82 bits per heavy atom. The van der Waals surface area contributed by atoms with Gasteiger partial charge in [-0.3, -0.25) is 4.79 Å². The Hall–Kier alpha value is -1.69. The van der Waals surface area contributed by atoms with Gasteiger partial charge in [0.2, 0.25) is 5.88 Å². The highest BCUT2D eigenvalue weighted by molar-refractivity contribution is 9.10. The molecule has 0 fully saturated rings. The van der Waals surface area contributed by atoms with E-state index in [9.17, 15) is 9.18 Å². The van der Waals surface area contributed by atoms with E-state index < -0.39 is 5.82 Å². The van der Waals surface area contributed by atoms with Crippen LogP contribution in [0.2, 0.25) is 0 Å². The Balaban J connectivity index is 2.31. The fraction of sp³-hybridized carbons (Fsp3) is 0.0909. The molecule has 0 aliphatic carbocycles. The molecular weight excluding hydrogens is 291 g/mol. The van der Waals surface area contributed by atoms with Crippen LogP contribution < -0.4 is 10.3 Å². The Morgan fingerprint density at radius 2 is 2.18 bits per heavy atom. The molecule has 0 radical (unpaired) electrons. The van der Waals surface area contributed by atoms with E-state index in [0.29, 0.717) is 10.3 Å². The number of hydrogen-bond acceptors (Lipinski definition) is 3. The summed E-state index contributed by atoms with van der Waals surface area (Å²) in [5, 5.41) is 0. The van der Waals surface area contributed by atoms with Crippen molar-refractivity contribution in [3.05, 3.63) is 50.7 Å². The molecule has 0 amide bonds. The molecule has 1 N–H and O–H groups in total. The first-order valence-electron chi connectivity index (χ1n) is 4.75. The fourth-order valence-electron chi connectivity index (χ4n) is 1.27. The van der Waals surface area contributed by atoms with E-state index in [-0.39, 0.29) is 17.2 Å². The normalized spacial score (nSPS) is 10.3. The summed E-state index contributed by atoms with van der Waals surface area (Å²) >= 11 is 3.04. The second-order valence-corrected chi connectivity index (χ2v) is 4.20. The van der Waals surface area contributed by atoms with Gasteiger partial charge in [0.1, 0.15) is 17.4 Å². The van der Waals surface area contributed by atoms with E-state index in [2.05, 4.69) is 25.9 Å². The maximum absolute atomic E-state index is 13.2. The van der Waals surface area contributed by atoms with Gasteiger partial charge < -0.3 is 9.72 Å². The van der Waals surface area contributed by atoms with E-state index >= 15 is 0 Å². The molecule has 1 aromatic heterocycles. The molecule has 0 unspecified atom stereocenters. The molecule has 2 aromatic rings. The molecule has 2 rings (SSSR count). The molecule has 88 valence electrons. The molecule has 1 aromatic carbocycles. The summed E-state index contributed by atoms with van der Waals surface area (Å²) in [6.45, 7) is 1.64. The average molecular weight is 299 g/mol. The molecule has 0 aliphatic rings. The van der Waals surface area contributed by atoms with Crippen molar-refractivity contribution in [2.75, 3.05) is 0 Å². The number of aryl methyl sites for hydroxylation is 1. The van der Waals surface area contributed by atoms with E-state index in [4.69, 9.17) is 4.74 Å². The lowest BCUT2D eigenvalue weighted by molar-refractivity contribution is 0.454. The predicted molar refractivity (Wildman–Crippen MR) is 63.8 cm³/mol. The number of halogens is 2. The molecule has 4 nitrogen and oxygen atoms in total. The number of H-pyrrole nitrogens is 1. The van der Waals surface area contributed by atoms with Crippen molar-refractivity contribution in [1.82, 2.24) is 9.97 Å². The van der Waals surface area contributed by atoms with Crippen LogP contribution in [0, 0.1) is 12.7 Å². The van der Waals surface area contributed by atoms with E-state index in [1.807, 2.05) is 0 Å². The minimum absolute atomic E-state index is 0.132. The molecule has 0 saturated heterocycles. The summed E-state index contributed by atoms with van der Waals surface area (Å²) in [6.07, 6.45) is 0. The summed E-state index contributed by atoms with van der Waals surface area (Å²) in [4.78, 5) is 17.6. The first-order chi connectivity index (χ1) is 8.04. The molecule has 17 heavy (non-hydrogen) atoms. The number of nitrogens with zero attached hydrogens (tertiary/aromatic N) is 1. The molecule has 0 aliphatic heterocycles. The highest BCUT2D eigenvalue weighted by Gasteiger charge is 2.04. The third-order valence-electron chi connectivity index (χ3n) is 1.95. The first kappa shape index (κ1) is 11.8. The number of aromatic nitrogens is 2. The monoisotopic (exact) mass is 298 g/mol. The zero-order valence-electron chi connectivity index (χ0n) is 8.83. The number of ether oxygens (including phenoxy) is 1. The summed E-state index contributed by atoms with van der Waals surface area (Å²) in [6, 6.07) is 5.51. The van der Waals surface area contributed by atoms with Crippen LogP contribution >= 0.6 is 15.9 Å². The number of aromatic amines is 1. The molecule has 0 bridgehead atoms. The van der Waals surface area contributed by atoms with Crippen molar-refractivity contribution in [1.29, 1.82) is 0 Å². The standard InChI is InChI=1S/C11H8BrFN2O2/c1-6-14-10(16)5-11(15-6)17-7-2-3-8(12)9(13)4-7/h2-5H,1H3,(H,14,15,16). The summed E-state index contributed by atoms with van der Waals surface area (Å²) < 4.78 is 18.9. The minimum Gasteiger partial charge on any atom is -0.439 e. The minimum atomic E-state index is -0.441. The molecule has 0 spiro atoms. The second kappa shape index (κ2) is 4.67. The van der Waals surface area contributed by atoms with Gasteiger partial charge in [-0.15, -0.1) is 0 Å². The first-order valence-corrected chi connectivity index (χ1v) is 5.55. The Bertz CT molecular complexity index is 613. The lowest BCUT2D eigenvalue weighted by Gasteiger charge is -2.05. The lowest BCUT2D eigenvalue weighted by Crippen LogP contribution is -2.08. The van der Waals surface area contributed by atoms with Gasteiger partial charge in [-0.1, -0.05) is 0 Å². The van der Waals surface area contributed by atoms with Gasteiger partial charge in [-0.2, -0.15) is 0 Å². The Kier molecular flexibility index (Phi) is 3.23. The SMILES string of the molecule is Cc1nc(Oc2ccc(Br)c(F)c2)cc(=O)[nH]1. The second-order valence-electron chi connectivity index (χ2n) is 3.35. The largest absolute Gasteiger partial charge is 0.439 e. The van der Waals surface area contributed by atoms with Gasteiger partial charge in [0, 0.05) is 6.07 Å². The maximum atomic E-state index is 13.2. The quantitative estimate of drug-likeness (QED) is 0.927.